The predicted molar refractivity (Wildman–Crippen MR) is 99.0 cm³/mol. The Morgan fingerprint density at radius 2 is 2.12 bits per heavy atom. The maximum Gasteiger partial charge on any atom is 0.126 e. The van der Waals surface area contributed by atoms with Crippen molar-refractivity contribution in [2.45, 2.75) is 32.0 Å². The minimum absolute atomic E-state index is 0.304. The molecule has 3 aromatic rings. The van der Waals surface area contributed by atoms with E-state index in [9.17, 15) is 0 Å². The Labute approximate surface area is 147 Å². The van der Waals surface area contributed by atoms with Gasteiger partial charge in [-0.3, -0.25) is 4.68 Å². The molecule has 1 aliphatic heterocycles. The van der Waals surface area contributed by atoms with Gasteiger partial charge in [0, 0.05) is 24.7 Å². The van der Waals surface area contributed by atoms with Gasteiger partial charge in [-0.1, -0.05) is 30.3 Å². The zero-order valence-corrected chi connectivity index (χ0v) is 14.4. The second-order valence-corrected chi connectivity index (χ2v) is 6.41. The van der Waals surface area contributed by atoms with Crippen molar-refractivity contribution in [2.75, 3.05) is 19.0 Å². The van der Waals surface area contributed by atoms with Crippen molar-refractivity contribution in [3.8, 4) is 5.75 Å². The van der Waals surface area contributed by atoms with Crippen LogP contribution in [0.5, 0.6) is 5.75 Å². The fourth-order valence-electron chi connectivity index (χ4n) is 3.41. The highest BCUT2D eigenvalue weighted by molar-refractivity contribution is 5.91. The Morgan fingerprint density at radius 1 is 1.24 bits per heavy atom. The van der Waals surface area contributed by atoms with E-state index < -0.39 is 0 Å². The van der Waals surface area contributed by atoms with Gasteiger partial charge in [0.2, 0.25) is 0 Å². The van der Waals surface area contributed by atoms with E-state index in [1.807, 2.05) is 29.2 Å². The van der Waals surface area contributed by atoms with E-state index in [2.05, 4.69) is 34.7 Å². The molecule has 130 valence electrons. The molecule has 25 heavy (non-hydrogen) atoms. The number of benzene rings is 2. The summed E-state index contributed by atoms with van der Waals surface area (Å²) in [7, 11) is 1.71. The van der Waals surface area contributed by atoms with Crippen molar-refractivity contribution < 1.29 is 9.47 Å². The van der Waals surface area contributed by atoms with Crippen LogP contribution in [-0.4, -0.2) is 29.6 Å². The summed E-state index contributed by atoms with van der Waals surface area (Å²) in [6.07, 6.45) is 6.51. The second kappa shape index (κ2) is 7.15. The number of methoxy groups -OCH3 is 1. The Kier molecular flexibility index (Phi) is 4.57. The molecule has 0 bridgehead atoms. The fourth-order valence-corrected chi connectivity index (χ4v) is 3.41. The van der Waals surface area contributed by atoms with Gasteiger partial charge in [0.25, 0.3) is 0 Å². The van der Waals surface area contributed by atoms with Gasteiger partial charge in [-0.2, -0.15) is 5.10 Å². The maximum atomic E-state index is 5.67. The van der Waals surface area contributed by atoms with Crippen molar-refractivity contribution >= 4 is 16.5 Å². The molecule has 1 unspecified atom stereocenters. The molecule has 5 heteroatoms. The Hall–Kier alpha value is -2.53. The lowest BCUT2D eigenvalue weighted by Crippen LogP contribution is -2.15. The van der Waals surface area contributed by atoms with Gasteiger partial charge in [-0.05, 0) is 29.9 Å². The van der Waals surface area contributed by atoms with Crippen molar-refractivity contribution in [2.24, 2.45) is 0 Å². The summed E-state index contributed by atoms with van der Waals surface area (Å²) in [6, 6.07) is 12.5. The molecule has 1 atom stereocenters. The third-order valence-corrected chi connectivity index (χ3v) is 4.73. The Bertz CT molecular complexity index is 853. The summed E-state index contributed by atoms with van der Waals surface area (Å²) in [5.74, 6) is 0.906. The summed E-state index contributed by atoms with van der Waals surface area (Å²) in [5, 5.41) is 10.3. The molecule has 1 fully saturated rings. The lowest BCUT2D eigenvalue weighted by atomic mass is 10.0. The van der Waals surface area contributed by atoms with Crippen LogP contribution in [0.25, 0.3) is 10.8 Å². The fraction of sp³-hybridized carbons (Fsp3) is 0.350. The molecule has 2 aromatic carbocycles. The van der Waals surface area contributed by atoms with Crippen LogP contribution < -0.4 is 10.1 Å². The quantitative estimate of drug-likeness (QED) is 0.742. The average molecular weight is 337 g/mol. The van der Waals surface area contributed by atoms with Crippen LogP contribution >= 0.6 is 0 Å². The predicted octanol–water partition coefficient (Wildman–Crippen LogP) is 3.84. The monoisotopic (exact) mass is 337 g/mol. The van der Waals surface area contributed by atoms with Gasteiger partial charge < -0.3 is 14.8 Å². The molecule has 1 saturated heterocycles. The van der Waals surface area contributed by atoms with Gasteiger partial charge >= 0.3 is 0 Å². The van der Waals surface area contributed by atoms with E-state index in [1.54, 1.807) is 7.11 Å². The highest BCUT2D eigenvalue weighted by Crippen LogP contribution is 2.28. The van der Waals surface area contributed by atoms with Crippen LogP contribution in [0.15, 0.2) is 48.8 Å². The lowest BCUT2D eigenvalue weighted by molar-refractivity contribution is 0.0940. The highest BCUT2D eigenvalue weighted by Gasteiger charge is 2.16. The molecule has 0 saturated carbocycles. The van der Waals surface area contributed by atoms with Crippen LogP contribution in [0.3, 0.4) is 0 Å². The third kappa shape index (κ3) is 3.46. The number of anilines is 1. The first-order valence-corrected chi connectivity index (χ1v) is 8.76. The van der Waals surface area contributed by atoms with E-state index >= 15 is 0 Å². The van der Waals surface area contributed by atoms with E-state index in [-0.39, 0.29) is 0 Å². The summed E-state index contributed by atoms with van der Waals surface area (Å²) in [6.45, 7) is 2.45. The van der Waals surface area contributed by atoms with Crippen molar-refractivity contribution in [1.29, 1.82) is 0 Å². The van der Waals surface area contributed by atoms with Crippen molar-refractivity contribution in [3.63, 3.8) is 0 Å². The molecular formula is C20H23N3O2. The van der Waals surface area contributed by atoms with Crippen molar-refractivity contribution in [3.05, 3.63) is 54.4 Å². The lowest BCUT2D eigenvalue weighted by Gasteiger charge is -2.11. The summed E-state index contributed by atoms with van der Waals surface area (Å²) >= 11 is 0. The first kappa shape index (κ1) is 16.0. The van der Waals surface area contributed by atoms with Crippen LogP contribution in [0.2, 0.25) is 0 Å². The van der Waals surface area contributed by atoms with Crippen LogP contribution in [0.4, 0.5) is 5.69 Å². The van der Waals surface area contributed by atoms with Crippen LogP contribution in [-0.2, 0) is 17.8 Å². The van der Waals surface area contributed by atoms with Gasteiger partial charge in [0.05, 0.1) is 31.6 Å². The van der Waals surface area contributed by atoms with Crippen molar-refractivity contribution in [1.82, 2.24) is 9.78 Å². The second-order valence-electron chi connectivity index (χ2n) is 6.41. The molecule has 0 radical (unpaired) electrons. The van der Waals surface area contributed by atoms with E-state index in [4.69, 9.17) is 9.47 Å². The minimum Gasteiger partial charge on any atom is -0.496 e. The molecule has 5 nitrogen and oxygen atoms in total. The summed E-state index contributed by atoms with van der Waals surface area (Å²) in [4.78, 5) is 0. The molecule has 0 amide bonds. The third-order valence-electron chi connectivity index (χ3n) is 4.73. The molecule has 1 aromatic heterocycles. The number of ether oxygens (including phenoxy) is 2. The molecular weight excluding hydrogens is 314 g/mol. The zero-order valence-electron chi connectivity index (χ0n) is 14.4. The van der Waals surface area contributed by atoms with E-state index in [1.165, 1.54) is 10.9 Å². The Morgan fingerprint density at radius 3 is 2.92 bits per heavy atom. The number of rotatable bonds is 6. The molecule has 2 heterocycles. The number of nitrogens with one attached hydrogen (secondary N) is 1. The number of aromatic nitrogens is 2. The van der Waals surface area contributed by atoms with E-state index in [0.717, 1.165) is 49.4 Å². The minimum atomic E-state index is 0.304. The summed E-state index contributed by atoms with van der Waals surface area (Å²) < 4.78 is 13.1. The van der Waals surface area contributed by atoms with Crippen LogP contribution in [0.1, 0.15) is 18.4 Å². The first-order chi connectivity index (χ1) is 12.3. The van der Waals surface area contributed by atoms with E-state index in [0.29, 0.717) is 6.10 Å². The van der Waals surface area contributed by atoms with Crippen LogP contribution in [0, 0.1) is 0 Å². The largest absolute Gasteiger partial charge is 0.496 e. The zero-order chi connectivity index (χ0) is 17.1. The van der Waals surface area contributed by atoms with Gasteiger partial charge in [-0.15, -0.1) is 0 Å². The number of hydrogen-bond acceptors (Lipinski definition) is 4. The number of fused-ring (bicyclic) bond motifs is 1. The first-order valence-electron chi connectivity index (χ1n) is 8.76. The smallest absolute Gasteiger partial charge is 0.126 e. The summed E-state index contributed by atoms with van der Waals surface area (Å²) in [5.41, 5.74) is 2.26. The highest BCUT2D eigenvalue weighted by atomic mass is 16.5. The molecule has 1 N–H and O–H groups in total. The standard InChI is InChI=1S/C20H23N3O2/c1-24-20-9-8-15(18-6-2-3-7-19(18)20)11-21-16-12-22-23(13-16)14-17-5-4-10-25-17/h2-3,6-9,12-13,17,21H,4-5,10-11,14H2,1H3. The average Bonchev–Trinajstić information content (AvgIpc) is 3.32. The molecule has 4 rings (SSSR count). The van der Waals surface area contributed by atoms with Gasteiger partial charge in [-0.25, -0.2) is 0 Å². The molecule has 0 aliphatic carbocycles. The molecule has 1 aliphatic rings. The van der Waals surface area contributed by atoms with Gasteiger partial charge in [0.15, 0.2) is 0 Å². The normalized spacial score (nSPS) is 17.1. The number of nitrogens with zero attached hydrogens (tertiary/aromatic N) is 2. The SMILES string of the molecule is COc1ccc(CNc2cnn(CC3CCCO3)c2)c2ccccc12. The molecule has 0 spiro atoms. The number of hydrogen-bond donors (Lipinski definition) is 1. The topological polar surface area (TPSA) is 48.3 Å². The Balaban J connectivity index is 1.46. The van der Waals surface area contributed by atoms with Gasteiger partial charge in [0.1, 0.15) is 5.75 Å². The maximum absolute atomic E-state index is 5.67.